The standard InChI is InChI=1S/C18H21N7/c1-2-5-16-15(4-1)22-14-17(23-16)19-8-9-24-10-12-25(13-11-24)18-20-6-3-7-21-18/h1-7,14H,8-13H2,(H,19,23). The first-order valence-electron chi connectivity index (χ1n) is 8.58. The minimum Gasteiger partial charge on any atom is -0.367 e. The van der Waals surface area contributed by atoms with Crippen molar-refractivity contribution in [2.24, 2.45) is 0 Å². The van der Waals surface area contributed by atoms with Gasteiger partial charge in [0.1, 0.15) is 5.82 Å². The zero-order valence-electron chi connectivity index (χ0n) is 14.0. The summed E-state index contributed by atoms with van der Waals surface area (Å²) in [5, 5.41) is 3.37. The third-order valence-electron chi connectivity index (χ3n) is 4.39. The Morgan fingerprint density at radius 2 is 1.64 bits per heavy atom. The van der Waals surface area contributed by atoms with E-state index in [0.717, 1.165) is 62.1 Å². The van der Waals surface area contributed by atoms with E-state index in [2.05, 4.69) is 35.1 Å². The van der Waals surface area contributed by atoms with Crippen LogP contribution in [0.5, 0.6) is 0 Å². The minimum atomic E-state index is 0.826. The van der Waals surface area contributed by atoms with E-state index >= 15 is 0 Å². The maximum atomic E-state index is 4.59. The van der Waals surface area contributed by atoms with Crippen molar-refractivity contribution in [2.75, 3.05) is 49.5 Å². The maximum absolute atomic E-state index is 4.59. The Hall–Kier alpha value is -2.80. The van der Waals surface area contributed by atoms with E-state index in [1.54, 1.807) is 18.6 Å². The van der Waals surface area contributed by atoms with Crippen LogP contribution >= 0.6 is 0 Å². The molecule has 1 fully saturated rings. The average molecular weight is 335 g/mol. The molecule has 1 aliphatic rings. The largest absolute Gasteiger partial charge is 0.367 e. The van der Waals surface area contributed by atoms with Crippen molar-refractivity contribution >= 4 is 22.8 Å². The van der Waals surface area contributed by atoms with Crippen LogP contribution in [-0.2, 0) is 0 Å². The first-order chi connectivity index (χ1) is 12.4. The number of piperazine rings is 1. The molecule has 4 rings (SSSR count). The highest BCUT2D eigenvalue weighted by Crippen LogP contribution is 2.12. The highest BCUT2D eigenvalue weighted by molar-refractivity contribution is 5.75. The Bertz CT molecular complexity index is 816. The molecule has 3 aromatic rings. The third kappa shape index (κ3) is 3.83. The molecule has 0 amide bonds. The van der Waals surface area contributed by atoms with Crippen LogP contribution in [0.3, 0.4) is 0 Å². The van der Waals surface area contributed by atoms with E-state index in [9.17, 15) is 0 Å². The van der Waals surface area contributed by atoms with Gasteiger partial charge in [0.2, 0.25) is 5.95 Å². The summed E-state index contributed by atoms with van der Waals surface area (Å²) in [5.41, 5.74) is 1.84. The van der Waals surface area contributed by atoms with Crippen molar-refractivity contribution in [3.05, 3.63) is 48.9 Å². The van der Waals surface area contributed by atoms with Crippen LogP contribution in [0.2, 0.25) is 0 Å². The lowest BCUT2D eigenvalue weighted by Gasteiger charge is -2.34. The molecular weight excluding hydrogens is 314 g/mol. The highest BCUT2D eigenvalue weighted by Gasteiger charge is 2.18. The van der Waals surface area contributed by atoms with Crippen LogP contribution < -0.4 is 10.2 Å². The van der Waals surface area contributed by atoms with E-state index in [1.807, 2.05) is 30.3 Å². The van der Waals surface area contributed by atoms with Gasteiger partial charge in [-0.05, 0) is 18.2 Å². The number of rotatable bonds is 5. The number of aromatic nitrogens is 4. The molecule has 0 atom stereocenters. The first-order valence-corrected chi connectivity index (χ1v) is 8.58. The number of anilines is 2. The van der Waals surface area contributed by atoms with Gasteiger partial charge in [-0.15, -0.1) is 0 Å². The molecule has 7 heteroatoms. The summed E-state index contributed by atoms with van der Waals surface area (Å²) in [6.07, 6.45) is 5.39. The molecule has 2 aromatic heterocycles. The normalized spacial score (nSPS) is 15.4. The molecule has 0 unspecified atom stereocenters. The van der Waals surface area contributed by atoms with Crippen molar-refractivity contribution in [3.8, 4) is 0 Å². The van der Waals surface area contributed by atoms with Gasteiger partial charge in [0.15, 0.2) is 0 Å². The van der Waals surface area contributed by atoms with E-state index in [-0.39, 0.29) is 0 Å². The molecule has 25 heavy (non-hydrogen) atoms. The van der Waals surface area contributed by atoms with Gasteiger partial charge in [-0.1, -0.05) is 12.1 Å². The summed E-state index contributed by atoms with van der Waals surface area (Å²) in [4.78, 5) is 22.3. The van der Waals surface area contributed by atoms with Crippen LogP contribution in [0.25, 0.3) is 11.0 Å². The smallest absolute Gasteiger partial charge is 0.225 e. The molecule has 0 spiro atoms. The lowest BCUT2D eigenvalue weighted by Crippen LogP contribution is -2.48. The second-order valence-corrected chi connectivity index (χ2v) is 6.05. The number of fused-ring (bicyclic) bond motifs is 1. The summed E-state index contributed by atoms with van der Waals surface area (Å²) in [7, 11) is 0. The van der Waals surface area contributed by atoms with Gasteiger partial charge in [0.05, 0.1) is 17.2 Å². The second kappa shape index (κ2) is 7.40. The molecule has 1 N–H and O–H groups in total. The Labute approximate surface area is 146 Å². The van der Waals surface area contributed by atoms with Gasteiger partial charge in [-0.2, -0.15) is 0 Å². The predicted molar refractivity (Wildman–Crippen MR) is 98.7 cm³/mol. The van der Waals surface area contributed by atoms with E-state index in [0.29, 0.717) is 0 Å². The van der Waals surface area contributed by atoms with Gasteiger partial charge in [0.25, 0.3) is 0 Å². The van der Waals surface area contributed by atoms with E-state index in [1.165, 1.54) is 0 Å². The summed E-state index contributed by atoms with van der Waals surface area (Å²) >= 11 is 0. The quantitative estimate of drug-likeness (QED) is 0.760. The van der Waals surface area contributed by atoms with Crippen LogP contribution in [0, 0.1) is 0 Å². The summed E-state index contributed by atoms with van der Waals surface area (Å²) in [5.74, 6) is 1.65. The Kier molecular flexibility index (Phi) is 4.65. The van der Waals surface area contributed by atoms with Crippen molar-refractivity contribution in [1.82, 2.24) is 24.8 Å². The van der Waals surface area contributed by atoms with Crippen molar-refractivity contribution in [2.45, 2.75) is 0 Å². The summed E-state index contributed by atoms with van der Waals surface area (Å²) in [6, 6.07) is 9.77. The average Bonchev–Trinajstić information content (AvgIpc) is 2.69. The SMILES string of the molecule is c1cnc(N2CCN(CCNc3cnc4ccccc4n3)CC2)nc1. The van der Waals surface area contributed by atoms with Gasteiger partial charge in [-0.25, -0.2) is 15.0 Å². The van der Waals surface area contributed by atoms with Crippen LogP contribution in [-0.4, -0.2) is 64.1 Å². The number of hydrogen-bond donors (Lipinski definition) is 1. The van der Waals surface area contributed by atoms with Crippen LogP contribution in [0.1, 0.15) is 0 Å². The fourth-order valence-electron chi connectivity index (χ4n) is 3.01. The number of nitrogens with one attached hydrogen (secondary N) is 1. The lowest BCUT2D eigenvalue weighted by molar-refractivity contribution is 0.266. The van der Waals surface area contributed by atoms with Gasteiger partial charge >= 0.3 is 0 Å². The van der Waals surface area contributed by atoms with Gasteiger partial charge in [0, 0.05) is 51.7 Å². The summed E-state index contributed by atoms with van der Waals surface area (Å²) in [6.45, 7) is 5.79. The molecule has 1 aliphatic heterocycles. The first kappa shape index (κ1) is 15.7. The Morgan fingerprint density at radius 1 is 0.880 bits per heavy atom. The maximum Gasteiger partial charge on any atom is 0.225 e. The molecule has 1 saturated heterocycles. The Balaban J connectivity index is 1.25. The number of nitrogens with zero attached hydrogens (tertiary/aromatic N) is 6. The van der Waals surface area contributed by atoms with Crippen molar-refractivity contribution in [3.63, 3.8) is 0 Å². The molecule has 128 valence electrons. The molecule has 3 heterocycles. The van der Waals surface area contributed by atoms with Crippen LogP contribution in [0.4, 0.5) is 11.8 Å². The monoisotopic (exact) mass is 335 g/mol. The zero-order chi connectivity index (χ0) is 16.9. The van der Waals surface area contributed by atoms with Gasteiger partial charge in [-0.3, -0.25) is 9.88 Å². The van der Waals surface area contributed by atoms with Crippen molar-refractivity contribution in [1.29, 1.82) is 0 Å². The summed E-state index contributed by atoms with van der Waals surface area (Å²) < 4.78 is 0. The molecular formula is C18H21N7. The fourth-order valence-corrected chi connectivity index (χ4v) is 3.01. The molecule has 0 aliphatic carbocycles. The van der Waals surface area contributed by atoms with Crippen molar-refractivity contribution < 1.29 is 0 Å². The molecule has 0 saturated carbocycles. The molecule has 1 aromatic carbocycles. The fraction of sp³-hybridized carbons (Fsp3) is 0.333. The predicted octanol–water partition coefficient (Wildman–Crippen LogP) is 1.65. The molecule has 0 radical (unpaired) electrons. The van der Waals surface area contributed by atoms with Gasteiger partial charge < -0.3 is 10.2 Å². The van der Waals surface area contributed by atoms with E-state index in [4.69, 9.17) is 0 Å². The second-order valence-electron chi connectivity index (χ2n) is 6.05. The Morgan fingerprint density at radius 3 is 2.44 bits per heavy atom. The number of hydrogen-bond acceptors (Lipinski definition) is 7. The lowest BCUT2D eigenvalue weighted by atomic mass is 10.3. The molecule has 7 nitrogen and oxygen atoms in total. The number of para-hydroxylation sites is 2. The third-order valence-corrected chi connectivity index (χ3v) is 4.39. The minimum absolute atomic E-state index is 0.826. The topological polar surface area (TPSA) is 70.1 Å². The number of benzene rings is 1. The molecule has 0 bridgehead atoms. The highest BCUT2D eigenvalue weighted by atomic mass is 15.3. The van der Waals surface area contributed by atoms with E-state index < -0.39 is 0 Å². The van der Waals surface area contributed by atoms with Crippen LogP contribution in [0.15, 0.2) is 48.9 Å². The zero-order valence-corrected chi connectivity index (χ0v) is 14.0.